The molecule has 1 atom stereocenters. The molecule has 1 saturated heterocycles. The van der Waals surface area contributed by atoms with E-state index in [0.717, 1.165) is 17.3 Å². The Kier molecular flexibility index (Phi) is 5.06. The Hall–Kier alpha value is -0.920. The van der Waals surface area contributed by atoms with E-state index < -0.39 is 10.0 Å². The molecule has 1 aliphatic rings. The molecule has 116 valence electrons. The summed E-state index contributed by atoms with van der Waals surface area (Å²) in [6, 6.07) is 5.14. The van der Waals surface area contributed by atoms with Crippen molar-refractivity contribution < 1.29 is 13.2 Å². The lowest BCUT2D eigenvalue weighted by Crippen LogP contribution is -2.39. The number of piperidine rings is 1. The molecule has 1 aliphatic heterocycles. The number of rotatable bonds is 4. The van der Waals surface area contributed by atoms with Gasteiger partial charge in [-0.15, -0.1) is 0 Å². The molecule has 1 fully saturated rings. The first-order valence-corrected chi connectivity index (χ1v) is 9.45. The lowest BCUT2D eigenvalue weighted by Gasteiger charge is -2.30. The quantitative estimate of drug-likeness (QED) is 0.647. The minimum absolute atomic E-state index is 0.00507. The number of ketones is 1. The largest absolute Gasteiger partial charge is 0.399 e. The molecule has 1 unspecified atom stereocenters. The molecule has 21 heavy (non-hydrogen) atoms. The number of hydrogen-bond acceptors (Lipinski definition) is 4. The predicted molar refractivity (Wildman–Crippen MR) is 86.6 cm³/mol. The van der Waals surface area contributed by atoms with Crippen LogP contribution in [0.25, 0.3) is 0 Å². The van der Waals surface area contributed by atoms with Gasteiger partial charge < -0.3 is 5.73 Å². The summed E-state index contributed by atoms with van der Waals surface area (Å²) >= 11 is 3.36. The van der Waals surface area contributed by atoms with Gasteiger partial charge in [0.15, 0.2) is 5.78 Å². The standard InChI is InChI=1S/C14H19BrN2O3S/c1-21(19,20)17-6-2-3-10(9-17)7-14(18)12-8-11(16)4-5-13(12)15/h4-5,8,10H,2-3,6-7,9,16H2,1H3. The highest BCUT2D eigenvalue weighted by atomic mass is 79.9. The molecule has 2 rings (SSSR count). The molecule has 0 aliphatic carbocycles. The second-order valence-electron chi connectivity index (χ2n) is 5.50. The third-order valence-corrected chi connectivity index (χ3v) is 5.68. The number of hydrogen-bond donors (Lipinski definition) is 1. The summed E-state index contributed by atoms with van der Waals surface area (Å²) in [7, 11) is -3.18. The number of halogens is 1. The molecule has 1 heterocycles. The zero-order chi connectivity index (χ0) is 15.6. The number of benzene rings is 1. The zero-order valence-corrected chi connectivity index (χ0v) is 14.3. The number of nitrogens with zero attached hydrogens (tertiary/aromatic N) is 1. The summed E-state index contributed by atoms with van der Waals surface area (Å²) in [5.41, 5.74) is 6.82. The van der Waals surface area contributed by atoms with Gasteiger partial charge in [-0.05, 0) is 37.0 Å². The molecular formula is C14H19BrN2O3S. The van der Waals surface area contributed by atoms with Crippen molar-refractivity contribution in [3.8, 4) is 0 Å². The Labute approximate surface area is 133 Å². The Bertz CT molecular complexity index is 646. The molecular weight excluding hydrogens is 356 g/mol. The zero-order valence-electron chi connectivity index (χ0n) is 11.9. The summed E-state index contributed by atoms with van der Waals surface area (Å²) in [6.07, 6.45) is 3.22. The SMILES string of the molecule is CS(=O)(=O)N1CCCC(CC(=O)c2cc(N)ccc2Br)C1. The van der Waals surface area contributed by atoms with Crippen molar-refractivity contribution in [3.63, 3.8) is 0 Å². The maximum Gasteiger partial charge on any atom is 0.211 e. The molecule has 1 aromatic rings. The first-order chi connectivity index (χ1) is 9.77. The van der Waals surface area contributed by atoms with Gasteiger partial charge >= 0.3 is 0 Å². The normalized spacial score (nSPS) is 20.4. The molecule has 0 amide bonds. The highest BCUT2D eigenvalue weighted by molar-refractivity contribution is 9.10. The Morgan fingerprint density at radius 3 is 2.86 bits per heavy atom. The van der Waals surface area contributed by atoms with Crippen LogP contribution in [0.1, 0.15) is 29.6 Å². The predicted octanol–water partition coefficient (Wildman–Crippen LogP) is 2.28. The molecule has 7 heteroatoms. The van der Waals surface area contributed by atoms with E-state index in [-0.39, 0.29) is 11.7 Å². The smallest absolute Gasteiger partial charge is 0.211 e. The van der Waals surface area contributed by atoms with Crippen molar-refractivity contribution in [2.45, 2.75) is 19.3 Å². The van der Waals surface area contributed by atoms with Gasteiger partial charge in [-0.3, -0.25) is 4.79 Å². The fourth-order valence-corrected chi connectivity index (χ4v) is 4.03. The van der Waals surface area contributed by atoms with Crippen molar-refractivity contribution in [1.29, 1.82) is 0 Å². The third kappa shape index (κ3) is 4.28. The fourth-order valence-electron chi connectivity index (χ4n) is 2.62. The molecule has 0 aromatic heterocycles. The molecule has 0 saturated carbocycles. The van der Waals surface area contributed by atoms with Crippen molar-refractivity contribution in [2.24, 2.45) is 5.92 Å². The maximum absolute atomic E-state index is 12.4. The van der Waals surface area contributed by atoms with Crippen LogP contribution in [-0.2, 0) is 10.0 Å². The number of anilines is 1. The van der Waals surface area contributed by atoms with Crippen LogP contribution in [-0.4, -0.2) is 37.9 Å². The van der Waals surface area contributed by atoms with Gasteiger partial charge in [0, 0.05) is 35.2 Å². The summed E-state index contributed by atoms with van der Waals surface area (Å²) in [4.78, 5) is 12.4. The first-order valence-electron chi connectivity index (χ1n) is 6.80. The fraction of sp³-hybridized carbons (Fsp3) is 0.500. The highest BCUT2D eigenvalue weighted by Gasteiger charge is 2.27. The van der Waals surface area contributed by atoms with E-state index in [1.807, 2.05) is 0 Å². The van der Waals surface area contributed by atoms with Crippen molar-refractivity contribution in [3.05, 3.63) is 28.2 Å². The van der Waals surface area contributed by atoms with Crippen LogP contribution in [0, 0.1) is 5.92 Å². The van der Waals surface area contributed by atoms with E-state index in [2.05, 4.69) is 15.9 Å². The van der Waals surface area contributed by atoms with Gasteiger partial charge in [-0.2, -0.15) is 0 Å². The average molecular weight is 375 g/mol. The molecule has 1 aromatic carbocycles. The average Bonchev–Trinajstić information content (AvgIpc) is 2.41. The number of Topliss-reactive ketones (excluding diaryl/α,β-unsaturated/α-hetero) is 1. The number of carbonyl (C=O) groups excluding carboxylic acids is 1. The topological polar surface area (TPSA) is 80.5 Å². The first kappa shape index (κ1) is 16.5. The summed E-state index contributed by atoms with van der Waals surface area (Å²) in [5, 5.41) is 0. The van der Waals surface area contributed by atoms with E-state index in [1.54, 1.807) is 18.2 Å². The van der Waals surface area contributed by atoms with E-state index in [9.17, 15) is 13.2 Å². The van der Waals surface area contributed by atoms with E-state index in [1.165, 1.54) is 10.6 Å². The molecule has 5 nitrogen and oxygen atoms in total. The lowest BCUT2D eigenvalue weighted by atomic mass is 9.92. The maximum atomic E-state index is 12.4. The molecule has 0 spiro atoms. The Morgan fingerprint density at radius 2 is 2.19 bits per heavy atom. The monoisotopic (exact) mass is 374 g/mol. The van der Waals surface area contributed by atoms with Gasteiger partial charge in [0.05, 0.1) is 6.26 Å². The molecule has 0 bridgehead atoms. The van der Waals surface area contributed by atoms with Crippen molar-refractivity contribution in [1.82, 2.24) is 4.31 Å². The van der Waals surface area contributed by atoms with Crippen LogP contribution in [0.3, 0.4) is 0 Å². The second-order valence-corrected chi connectivity index (χ2v) is 8.33. The van der Waals surface area contributed by atoms with Gasteiger partial charge in [-0.1, -0.05) is 15.9 Å². The minimum atomic E-state index is -3.18. The van der Waals surface area contributed by atoms with Gasteiger partial charge in [-0.25, -0.2) is 12.7 Å². The summed E-state index contributed by atoms with van der Waals surface area (Å²) < 4.78 is 25.4. The van der Waals surface area contributed by atoms with Gasteiger partial charge in [0.25, 0.3) is 0 Å². The van der Waals surface area contributed by atoms with Crippen molar-refractivity contribution >= 4 is 37.4 Å². The van der Waals surface area contributed by atoms with Crippen LogP contribution < -0.4 is 5.73 Å². The van der Waals surface area contributed by atoms with Gasteiger partial charge in [0.2, 0.25) is 10.0 Å². The Morgan fingerprint density at radius 1 is 1.48 bits per heavy atom. The van der Waals surface area contributed by atoms with Crippen LogP contribution in [0.2, 0.25) is 0 Å². The van der Waals surface area contributed by atoms with E-state index in [4.69, 9.17) is 5.73 Å². The summed E-state index contributed by atoms with van der Waals surface area (Å²) in [6.45, 7) is 0.968. The third-order valence-electron chi connectivity index (χ3n) is 3.72. The van der Waals surface area contributed by atoms with E-state index >= 15 is 0 Å². The van der Waals surface area contributed by atoms with E-state index in [0.29, 0.717) is 30.8 Å². The number of nitrogens with two attached hydrogens (primary N) is 1. The number of sulfonamides is 1. The van der Waals surface area contributed by atoms with Crippen LogP contribution in [0.5, 0.6) is 0 Å². The highest BCUT2D eigenvalue weighted by Crippen LogP contribution is 2.26. The van der Waals surface area contributed by atoms with Gasteiger partial charge in [0.1, 0.15) is 0 Å². The second kappa shape index (κ2) is 6.46. The van der Waals surface area contributed by atoms with Crippen molar-refractivity contribution in [2.75, 3.05) is 25.1 Å². The lowest BCUT2D eigenvalue weighted by molar-refractivity contribution is 0.0941. The molecule has 0 radical (unpaired) electrons. The Balaban J connectivity index is 2.07. The van der Waals surface area contributed by atoms with Crippen LogP contribution in [0.4, 0.5) is 5.69 Å². The minimum Gasteiger partial charge on any atom is -0.399 e. The molecule has 2 N–H and O–H groups in total. The van der Waals surface area contributed by atoms with Crippen LogP contribution >= 0.6 is 15.9 Å². The number of nitrogen functional groups attached to an aromatic ring is 1. The number of carbonyl (C=O) groups is 1. The summed E-state index contributed by atoms with van der Waals surface area (Å²) in [5.74, 6) is 0.0591. The van der Waals surface area contributed by atoms with Crippen LogP contribution in [0.15, 0.2) is 22.7 Å².